The summed E-state index contributed by atoms with van der Waals surface area (Å²) in [7, 11) is 0. The maximum Gasteiger partial charge on any atom is 0.343 e. The Morgan fingerprint density at radius 1 is 0.822 bits per heavy atom. The average Bonchev–Trinajstić information content (AvgIpc) is 3.37. The maximum absolute atomic E-state index is 12.9. The van der Waals surface area contributed by atoms with E-state index < -0.39 is 27.6 Å². The van der Waals surface area contributed by atoms with Gasteiger partial charge in [0.1, 0.15) is 10.6 Å². The first-order valence-corrected chi connectivity index (χ1v) is 14.0. The molecule has 0 aliphatic carbocycles. The number of hydrogen-bond acceptors (Lipinski definition) is 10. The number of anilines is 1. The maximum atomic E-state index is 12.9. The molecule has 0 unspecified atom stereocenters. The fraction of sp³-hybridized carbons (Fsp3) is 0. The molecular formula is C30H18ClN5O8S. The van der Waals surface area contributed by atoms with Crippen molar-refractivity contribution in [2.45, 2.75) is 0 Å². The lowest BCUT2D eigenvalue weighted by Crippen LogP contribution is -2.18. The number of para-hydroxylation sites is 1. The van der Waals surface area contributed by atoms with Crippen LogP contribution in [0.15, 0.2) is 96.1 Å². The van der Waals surface area contributed by atoms with Crippen LogP contribution < -0.4 is 15.5 Å². The van der Waals surface area contributed by atoms with Crippen molar-refractivity contribution < 1.29 is 29.0 Å². The molecule has 15 heteroatoms. The Bertz CT molecular complexity index is 2010. The number of nitrogens with one attached hydrogen (secondary N) is 2. The van der Waals surface area contributed by atoms with Crippen LogP contribution in [-0.4, -0.2) is 33.8 Å². The number of benzene rings is 4. The molecule has 0 aliphatic heterocycles. The molecule has 0 atom stereocenters. The van der Waals surface area contributed by atoms with Crippen molar-refractivity contribution in [1.29, 1.82) is 0 Å². The average molecular weight is 644 g/mol. The minimum Gasteiger partial charge on any atom is -0.422 e. The lowest BCUT2D eigenvalue weighted by atomic mass is 10.2. The molecule has 1 aromatic heterocycles. The number of carbonyl (C=O) groups is 3. The minimum absolute atomic E-state index is 0.110. The van der Waals surface area contributed by atoms with Crippen LogP contribution in [0.1, 0.15) is 36.0 Å². The Hall–Kier alpha value is -5.99. The number of ether oxygens (including phenoxy) is 1. The second-order valence-corrected chi connectivity index (χ2v) is 10.6. The van der Waals surface area contributed by atoms with Crippen molar-refractivity contribution in [1.82, 2.24) is 5.43 Å². The number of nitro groups is 2. The van der Waals surface area contributed by atoms with E-state index in [1.807, 2.05) is 0 Å². The molecule has 0 fully saturated rings. The number of fused-ring (bicyclic) bond motifs is 1. The summed E-state index contributed by atoms with van der Waals surface area (Å²) in [6.45, 7) is 0. The number of halogens is 1. The van der Waals surface area contributed by atoms with E-state index in [9.17, 15) is 34.6 Å². The fourth-order valence-corrected chi connectivity index (χ4v) is 5.43. The van der Waals surface area contributed by atoms with E-state index in [0.29, 0.717) is 21.3 Å². The van der Waals surface area contributed by atoms with E-state index >= 15 is 0 Å². The fourth-order valence-electron chi connectivity index (χ4n) is 3.99. The number of carbonyl (C=O) groups excluding carboxylic acids is 3. The van der Waals surface area contributed by atoms with Crippen LogP contribution in [0.25, 0.3) is 10.1 Å². The predicted molar refractivity (Wildman–Crippen MR) is 167 cm³/mol. The third kappa shape index (κ3) is 6.98. The predicted octanol–water partition coefficient (Wildman–Crippen LogP) is 6.61. The van der Waals surface area contributed by atoms with Gasteiger partial charge in [0.05, 0.1) is 26.6 Å². The van der Waals surface area contributed by atoms with E-state index in [1.165, 1.54) is 79.0 Å². The van der Waals surface area contributed by atoms with Crippen molar-refractivity contribution in [2.24, 2.45) is 5.10 Å². The molecule has 4 aromatic carbocycles. The van der Waals surface area contributed by atoms with Gasteiger partial charge in [-0.05, 0) is 54.6 Å². The van der Waals surface area contributed by atoms with Gasteiger partial charge in [-0.25, -0.2) is 10.2 Å². The van der Waals surface area contributed by atoms with Crippen molar-refractivity contribution >= 4 is 74.1 Å². The zero-order valence-corrected chi connectivity index (χ0v) is 24.2. The third-order valence-electron chi connectivity index (χ3n) is 6.24. The van der Waals surface area contributed by atoms with Gasteiger partial charge < -0.3 is 10.1 Å². The molecule has 2 amide bonds. The summed E-state index contributed by atoms with van der Waals surface area (Å²) < 4.78 is 5.91. The monoisotopic (exact) mass is 643 g/mol. The molecule has 224 valence electrons. The summed E-state index contributed by atoms with van der Waals surface area (Å²) >= 11 is 7.38. The van der Waals surface area contributed by atoms with Gasteiger partial charge in [0.15, 0.2) is 0 Å². The normalized spacial score (nSPS) is 10.9. The van der Waals surface area contributed by atoms with Gasteiger partial charge in [0.25, 0.3) is 23.2 Å². The second kappa shape index (κ2) is 13.1. The SMILES string of the molecule is O=C(N/N=C\c1ccccc1OC(=O)c1ccc([N+](=O)[O-])cc1)c1ccc(NC(=O)c2sc3cc([N+](=O)[O-])ccc3c2Cl)cc1. The Balaban J connectivity index is 1.20. The molecule has 13 nitrogen and oxygen atoms in total. The van der Waals surface area contributed by atoms with Crippen LogP contribution in [-0.2, 0) is 0 Å². The quantitative estimate of drug-likeness (QED) is 0.0591. The van der Waals surface area contributed by atoms with E-state index in [0.717, 1.165) is 11.3 Å². The molecule has 0 saturated heterocycles. The number of rotatable bonds is 9. The Morgan fingerprint density at radius 3 is 2.16 bits per heavy atom. The van der Waals surface area contributed by atoms with E-state index in [-0.39, 0.29) is 38.2 Å². The molecule has 0 spiro atoms. The molecule has 2 N–H and O–H groups in total. The van der Waals surface area contributed by atoms with Gasteiger partial charge in [-0.15, -0.1) is 11.3 Å². The lowest BCUT2D eigenvalue weighted by Gasteiger charge is -2.07. The van der Waals surface area contributed by atoms with Crippen LogP contribution in [0.2, 0.25) is 5.02 Å². The number of nitro benzene ring substituents is 2. The number of hydrogen-bond donors (Lipinski definition) is 2. The van der Waals surface area contributed by atoms with E-state index in [2.05, 4.69) is 15.8 Å². The first-order chi connectivity index (χ1) is 21.6. The van der Waals surface area contributed by atoms with Crippen LogP contribution >= 0.6 is 22.9 Å². The zero-order valence-electron chi connectivity index (χ0n) is 22.6. The number of nitrogens with zero attached hydrogens (tertiary/aromatic N) is 3. The largest absolute Gasteiger partial charge is 0.422 e. The highest BCUT2D eigenvalue weighted by molar-refractivity contribution is 7.21. The van der Waals surface area contributed by atoms with Crippen molar-refractivity contribution in [3.63, 3.8) is 0 Å². The highest BCUT2D eigenvalue weighted by Crippen LogP contribution is 2.37. The van der Waals surface area contributed by atoms with Gasteiger partial charge in [0, 0.05) is 51.2 Å². The van der Waals surface area contributed by atoms with Gasteiger partial charge in [0.2, 0.25) is 0 Å². The molecule has 5 rings (SSSR count). The van der Waals surface area contributed by atoms with Gasteiger partial charge in [-0.3, -0.25) is 29.8 Å². The third-order valence-corrected chi connectivity index (χ3v) is 7.90. The smallest absolute Gasteiger partial charge is 0.343 e. The van der Waals surface area contributed by atoms with Crippen LogP contribution in [0, 0.1) is 20.2 Å². The molecular weight excluding hydrogens is 626 g/mol. The molecule has 45 heavy (non-hydrogen) atoms. The number of non-ortho nitro benzene ring substituents is 2. The second-order valence-electron chi connectivity index (χ2n) is 9.14. The van der Waals surface area contributed by atoms with Crippen LogP contribution in [0.4, 0.5) is 17.1 Å². The van der Waals surface area contributed by atoms with Crippen molar-refractivity contribution in [3.05, 3.63) is 138 Å². The molecule has 0 saturated carbocycles. The lowest BCUT2D eigenvalue weighted by molar-refractivity contribution is -0.385. The zero-order chi connectivity index (χ0) is 32.1. The Labute approximate surface area is 262 Å². The van der Waals surface area contributed by atoms with Gasteiger partial charge >= 0.3 is 5.97 Å². The molecule has 0 aliphatic rings. The van der Waals surface area contributed by atoms with E-state index in [4.69, 9.17) is 16.3 Å². The summed E-state index contributed by atoms with van der Waals surface area (Å²) in [5.41, 5.74) is 3.19. The topological polar surface area (TPSA) is 183 Å². The number of esters is 1. The van der Waals surface area contributed by atoms with Gasteiger partial charge in [-0.1, -0.05) is 23.7 Å². The highest BCUT2D eigenvalue weighted by atomic mass is 35.5. The Morgan fingerprint density at radius 2 is 1.47 bits per heavy atom. The standard InChI is InChI=1S/C30H18ClN5O8S/c31-26-23-14-13-22(36(42)43)15-25(23)45-27(26)29(38)33-20-9-5-17(6-10-20)28(37)34-32-16-19-3-1-2-4-24(19)44-30(39)18-7-11-21(12-8-18)35(40)41/h1-16H,(H,33,38)(H,34,37)/b32-16-. The van der Waals surface area contributed by atoms with Crippen molar-refractivity contribution in [3.8, 4) is 5.75 Å². The molecule has 5 aromatic rings. The van der Waals surface area contributed by atoms with Crippen molar-refractivity contribution in [2.75, 3.05) is 5.32 Å². The summed E-state index contributed by atoms with van der Waals surface area (Å²) in [4.78, 5) is 59.0. The first-order valence-electron chi connectivity index (χ1n) is 12.8. The van der Waals surface area contributed by atoms with Crippen LogP contribution in [0.3, 0.4) is 0 Å². The summed E-state index contributed by atoms with van der Waals surface area (Å²) in [5.74, 6) is -1.66. The molecule has 0 radical (unpaired) electrons. The number of thiophene rings is 1. The number of amides is 2. The van der Waals surface area contributed by atoms with Gasteiger partial charge in [-0.2, -0.15) is 5.10 Å². The first kappa shape index (κ1) is 30.5. The summed E-state index contributed by atoms with van der Waals surface area (Å²) in [5, 5.41) is 29.2. The minimum atomic E-state index is -0.736. The summed E-state index contributed by atoms with van der Waals surface area (Å²) in [6, 6.07) is 21.5. The molecule has 0 bridgehead atoms. The van der Waals surface area contributed by atoms with Crippen LogP contribution in [0.5, 0.6) is 5.75 Å². The highest BCUT2D eigenvalue weighted by Gasteiger charge is 2.20. The summed E-state index contributed by atoms with van der Waals surface area (Å²) in [6.07, 6.45) is 1.29. The Kier molecular flexibility index (Phi) is 8.88. The number of hydrazone groups is 1. The van der Waals surface area contributed by atoms with E-state index in [1.54, 1.807) is 18.2 Å². The molecule has 1 heterocycles.